The number of carbonyl (C=O) groups excluding carboxylic acids is 1. The molecule has 0 aromatic heterocycles. The van der Waals surface area contributed by atoms with Crippen LogP contribution in [0.4, 0.5) is 0 Å². The van der Waals surface area contributed by atoms with Gasteiger partial charge in [-0.25, -0.2) is 0 Å². The van der Waals surface area contributed by atoms with E-state index in [-0.39, 0.29) is 0 Å². The molecule has 1 aliphatic rings. The second-order valence-electron chi connectivity index (χ2n) is 5.83. The summed E-state index contributed by atoms with van der Waals surface area (Å²) in [5, 5.41) is 3.37. The topological polar surface area (TPSA) is 32.3 Å². The Morgan fingerprint density at radius 1 is 1.33 bits per heavy atom. The van der Waals surface area contributed by atoms with Crippen LogP contribution in [-0.2, 0) is 4.79 Å². The van der Waals surface area contributed by atoms with Gasteiger partial charge in [0.15, 0.2) is 0 Å². The van der Waals surface area contributed by atoms with E-state index in [0.29, 0.717) is 18.4 Å². The van der Waals surface area contributed by atoms with Crippen LogP contribution in [0.3, 0.4) is 0 Å². The van der Waals surface area contributed by atoms with Crippen LogP contribution < -0.4 is 5.32 Å². The van der Waals surface area contributed by atoms with E-state index in [1.165, 1.54) is 25.7 Å². The standard InChI is InChI=1S/C15H30N2O/c1-4-14-7-5-6-12-17(14)15(18)9-11-16-10-8-13(2)3/h13-14,16H,4-12H2,1-3H3. The zero-order valence-electron chi connectivity index (χ0n) is 12.4. The summed E-state index contributed by atoms with van der Waals surface area (Å²) in [5.41, 5.74) is 0. The van der Waals surface area contributed by atoms with Crippen molar-refractivity contribution in [2.24, 2.45) is 5.92 Å². The van der Waals surface area contributed by atoms with E-state index >= 15 is 0 Å². The molecule has 1 amide bonds. The number of piperidine rings is 1. The van der Waals surface area contributed by atoms with Crippen molar-refractivity contribution in [3.63, 3.8) is 0 Å². The minimum Gasteiger partial charge on any atom is -0.340 e. The van der Waals surface area contributed by atoms with E-state index < -0.39 is 0 Å². The monoisotopic (exact) mass is 254 g/mol. The van der Waals surface area contributed by atoms with Crippen molar-refractivity contribution in [3.8, 4) is 0 Å². The summed E-state index contributed by atoms with van der Waals surface area (Å²) in [4.78, 5) is 14.3. The molecule has 0 spiro atoms. The van der Waals surface area contributed by atoms with Gasteiger partial charge in [0.2, 0.25) is 5.91 Å². The van der Waals surface area contributed by atoms with Crippen LogP contribution in [0.5, 0.6) is 0 Å². The van der Waals surface area contributed by atoms with Gasteiger partial charge in [-0.15, -0.1) is 0 Å². The van der Waals surface area contributed by atoms with Crippen molar-refractivity contribution in [1.82, 2.24) is 10.2 Å². The molecule has 1 aliphatic heterocycles. The number of hydrogen-bond donors (Lipinski definition) is 1. The molecular weight excluding hydrogens is 224 g/mol. The highest BCUT2D eigenvalue weighted by atomic mass is 16.2. The molecule has 0 radical (unpaired) electrons. The lowest BCUT2D eigenvalue weighted by molar-refractivity contribution is -0.134. The molecule has 0 bridgehead atoms. The first-order valence-corrected chi connectivity index (χ1v) is 7.65. The Bertz CT molecular complexity index is 241. The van der Waals surface area contributed by atoms with E-state index in [0.717, 1.165) is 32.0 Å². The van der Waals surface area contributed by atoms with E-state index in [2.05, 4.69) is 31.0 Å². The van der Waals surface area contributed by atoms with Crippen molar-refractivity contribution >= 4 is 5.91 Å². The van der Waals surface area contributed by atoms with Crippen LogP contribution in [0.25, 0.3) is 0 Å². The minimum absolute atomic E-state index is 0.346. The smallest absolute Gasteiger partial charge is 0.224 e. The molecule has 106 valence electrons. The lowest BCUT2D eigenvalue weighted by atomic mass is 9.99. The van der Waals surface area contributed by atoms with E-state index in [4.69, 9.17) is 0 Å². The van der Waals surface area contributed by atoms with Crippen molar-refractivity contribution in [2.75, 3.05) is 19.6 Å². The molecule has 1 rings (SSSR count). The van der Waals surface area contributed by atoms with E-state index in [1.54, 1.807) is 0 Å². The zero-order chi connectivity index (χ0) is 13.4. The molecule has 0 aromatic carbocycles. The second-order valence-corrected chi connectivity index (χ2v) is 5.83. The van der Waals surface area contributed by atoms with Crippen LogP contribution >= 0.6 is 0 Å². The number of hydrogen-bond acceptors (Lipinski definition) is 2. The Labute approximate surface area is 112 Å². The van der Waals surface area contributed by atoms with Crippen LogP contribution in [-0.4, -0.2) is 36.5 Å². The van der Waals surface area contributed by atoms with Crippen LogP contribution in [0.15, 0.2) is 0 Å². The average Bonchev–Trinajstić information content (AvgIpc) is 2.37. The Kier molecular flexibility index (Phi) is 7.33. The maximum absolute atomic E-state index is 12.2. The number of carbonyl (C=O) groups is 1. The molecule has 0 saturated carbocycles. The summed E-state index contributed by atoms with van der Waals surface area (Å²) in [5.74, 6) is 1.08. The van der Waals surface area contributed by atoms with E-state index in [1.807, 2.05) is 0 Å². The molecule has 1 atom stereocenters. The normalized spacial score (nSPS) is 20.4. The van der Waals surface area contributed by atoms with Crippen molar-refractivity contribution in [1.29, 1.82) is 0 Å². The van der Waals surface area contributed by atoms with Crippen molar-refractivity contribution in [3.05, 3.63) is 0 Å². The number of likely N-dealkylation sites (tertiary alicyclic amines) is 1. The lowest BCUT2D eigenvalue weighted by Gasteiger charge is -2.35. The Hall–Kier alpha value is -0.570. The van der Waals surface area contributed by atoms with Crippen LogP contribution in [0.2, 0.25) is 0 Å². The maximum atomic E-state index is 12.2. The van der Waals surface area contributed by atoms with Gasteiger partial charge in [-0.05, 0) is 44.6 Å². The number of nitrogens with zero attached hydrogens (tertiary/aromatic N) is 1. The summed E-state index contributed by atoms with van der Waals surface area (Å²) in [6.45, 7) is 9.49. The first-order chi connectivity index (χ1) is 8.65. The lowest BCUT2D eigenvalue weighted by Crippen LogP contribution is -2.44. The number of nitrogens with one attached hydrogen (secondary N) is 1. The Morgan fingerprint density at radius 3 is 2.78 bits per heavy atom. The summed E-state index contributed by atoms with van der Waals surface area (Å²) in [6.07, 6.45) is 6.62. The molecule has 1 unspecified atom stereocenters. The Morgan fingerprint density at radius 2 is 2.11 bits per heavy atom. The SMILES string of the molecule is CCC1CCCCN1C(=O)CCNCCC(C)C. The van der Waals surface area contributed by atoms with Gasteiger partial charge in [0.1, 0.15) is 0 Å². The van der Waals surface area contributed by atoms with Gasteiger partial charge in [-0.2, -0.15) is 0 Å². The summed E-state index contributed by atoms with van der Waals surface area (Å²) in [6, 6.07) is 0.502. The Balaban J connectivity index is 2.18. The molecule has 3 nitrogen and oxygen atoms in total. The average molecular weight is 254 g/mol. The first-order valence-electron chi connectivity index (χ1n) is 7.65. The third kappa shape index (κ3) is 5.38. The molecule has 1 N–H and O–H groups in total. The zero-order valence-corrected chi connectivity index (χ0v) is 12.4. The first kappa shape index (κ1) is 15.5. The minimum atomic E-state index is 0.346. The van der Waals surface area contributed by atoms with Crippen LogP contribution in [0.1, 0.15) is 59.3 Å². The fourth-order valence-corrected chi connectivity index (χ4v) is 2.61. The highest BCUT2D eigenvalue weighted by Crippen LogP contribution is 2.19. The van der Waals surface area contributed by atoms with E-state index in [9.17, 15) is 4.79 Å². The third-order valence-electron chi connectivity index (χ3n) is 3.83. The summed E-state index contributed by atoms with van der Waals surface area (Å²) < 4.78 is 0. The fraction of sp³-hybridized carbons (Fsp3) is 0.933. The molecule has 3 heteroatoms. The molecule has 0 aliphatic carbocycles. The molecule has 1 heterocycles. The quantitative estimate of drug-likeness (QED) is 0.709. The van der Waals surface area contributed by atoms with Crippen molar-refractivity contribution < 1.29 is 4.79 Å². The van der Waals surface area contributed by atoms with Gasteiger partial charge in [0, 0.05) is 25.6 Å². The maximum Gasteiger partial charge on any atom is 0.224 e. The molecule has 0 aromatic rings. The second kappa shape index (κ2) is 8.52. The van der Waals surface area contributed by atoms with Gasteiger partial charge in [-0.3, -0.25) is 4.79 Å². The molecular formula is C15H30N2O. The highest BCUT2D eigenvalue weighted by Gasteiger charge is 2.24. The predicted molar refractivity (Wildman–Crippen MR) is 76.6 cm³/mol. The largest absolute Gasteiger partial charge is 0.340 e. The third-order valence-corrected chi connectivity index (χ3v) is 3.83. The van der Waals surface area contributed by atoms with Gasteiger partial charge >= 0.3 is 0 Å². The molecule has 18 heavy (non-hydrogen) atoms. The molecule has 1 saturated heterocycles. The van der Waals surface area contributed by atoms with Crippen molar-refractivity contribution in [2.45, 2.75) is 65.3 Å². The highest BCUT2D eigenvalue weighted by molar-refractivity contribution is 5.76. The summed E-state index contributed by atoms with van der Waals surface area (Å²) in [7, 11) is 0. The fourth-order valence-electron chi connectivity index (χ4n) is 2.61. The summed E-state index contributed by atoms with van der Waals surface area (Å²) >= 11 is 0. The number of amides is 1. The molecule has 1 fully saturated rings. The van der Waals surface area contributed by atoms with Gasteiger partial charge < -0.3 is 10.2 Å². The predicted octanol–water partition coefficient (Wildman–Crippen LogP) is 2.80. The van der Waals surface area contributed by atoms with Crippen LogP contribution in [0, 0.1) is 5.92 Å². The van der Waals surface area contributed by atoms with Gasteiger partial charge in [0.25, 0.3) is 0 Å². The van der Waals surface area contributed by atoms with Gasteiger partial charge in [-0.1, -0.05) is 20.8 Å². The van der Waals surface area contributed by atoms with Gasteiger partial charge in [0.05, 0.1) is 0 Å². The number of rotatable bonds is 7.